The molecule has 0 amide bonds. The van der Waals surface area contributed by atoms with Crippen LogP contribution in [-0.4, -0.2) is 4.98 Å². The van der Waals surface area contributed by atoms with Gasteiger partial charge in [-0.25, -0.2) is 0 Å². The van der Waals surface area contributed by atoms with E-state index < -0.39 is 0 Å². The van der Waals surface area contributed by atoms with Crippen molar-refractivity contribution in [1.29, 1.82) is 0 Å². The molecular formula is C5H11NS3. The van der Waals surface area contributed by atoms with Gasteiger partial charge in [0.2, 0.25) is 0 Å². The van der Waals surface area contributed by atoms with Gasteiger partial charge < -0.3 is 0 Å². The zero-order chi connectivity index (χ0) is 4.24. The number of rotatable bonds is 0. The maximum absolute atomic E-state index is 3.78. The third-order valence-corrected chi connectivity index (χ3v) is 0.566. The largest absolute Gasteiger partial charge is 0.265 e. The summed E-state index contributed by atoms with van der Waals surface area (Å²) < 4.78 is 0. The average Bonchev–Trinajstić information content (AvgIpc) is 1.72. The van der Waals surface area contributed by atoms with E-state index in [4.69, 9.17) is 0 Å². The molecule has 0 unspecified atom stereocenters. The molecule has 0 atom stereocenters. The van der Waals surface area contributed by atoms with Crippen LogP contribution in [0.1, 0.15) is 0 Å². The Hall–Kier alpha value is 0.200. The van der Waals surface area contributed by atoms with Crippen LogP contribution in [0.2, 0.25) is 0 Å². The van der Waals surface area contributed by atoms with Gasteiger partial charge in [0.05, 0.1) is 0 Å². The Morgan fingerprint density at radius 1 is 0.667 bits per heavy atom. The van der Waals surface area contributed by atoms with E-state index >= 15 is 0 Å². The molecule has 54 valence electrons. The van der Waals surface area contributed by atoms with Crippen LogP contribution in [0, 0.1) is 0 Å². The molecule has 1 rings (SSSR count). The van der Waals surface area contributed by atoms with E-state index in [-0.39, 0.29) is 40.5 Å². The molecule has 0 fully saturated rings. The lowest BCUT2D eigenvalue weighted by Gasteiger charge is -1.70. The summed E-state index contributed by atoms with van der Waals surface area (Å²) in [6.07, 6.45) is 3.50. The van der Waals surface area contributed by atoms with Crippen molar-refractivity contribution in [3.8, 4) is 0 Å². The Balaban J connectivity index is -0.000000120. The van der Waals surface area contributed by atoms with Crippen molar-refractivity contribution in [1.82, 2.24) is 4.98 Å². The zero-order valence-electron chi connectivity index (χ0n) is 4.83. The molecule has 1 aromatic heterocycles. The highest BCUT2D eigenvalue weighted by molar-refractivity contribution is 7.59. The molecule has 0 radical (unpaired) electrons. The first-order chi connectivity index (χ1) is 3.00. The average molecular weight is 181 g/mol. The van der Waals surface area contributed by atoms with E-state index in [1.165, 1.54) is 0 Å². The van der Waals surface area contributed by atoms with Crippen LogP contribution in [0.5, 0.6) is 0 Å². The Kier molecular flexibility index (Phi) is 19.8. The topological polar surface area (TPSA) is 12.9 Å². The van der Waals surface area contributed by atoms with Crippen molar-refractivity contribution >= 4 is 40.5 Å². The van der Waals surface area contributed by atoms with Gasteiger partial charge in [-0.2, -0.15) is 40.5 Å². The molecule has 0 saturated carbocycles. The molecule has 0 N–H and O–H groups in total. The second-order valence-electron chi connectivity index (χ2n) is 1.02. The summed E-state index contributed by atoms with van der Waals surface area (Å²) >= 11 is 0. The van der Waals surface area contributed by atoms with E-state index in [0.717, 1.165) is 0 Å². The fourth-order valence-corrected chi connectivity index (χ4v) is 0.313. The van der Waals surface area contributed by atoms with Crippen molar-refractivity contribution in [3.63, 3.8) is 0 Å². The number of nitrogens with zero attached hydrogens (tertiary/aromatic N) is 1. The van der Waals surface area contributed by atoms with Gasteiger partial charge in [0.15, 0.2) is 0 Å². The summed E-state index contributed by atoms with van der Waals surface area (Å²) in [5, 5.41) is 0. The Morgan fingerprint density at radius 2 is 1.11 bits per heavy atom. The minimum Gasteiger partial charge on any atom is -0.265 e. The van der Waals surface area contributed by atoms with Crippen molar-refractivity contribution in [2.24, 2.45) is 0 Å². The molecule has 0 aliphatic rings. The van der Waals surface area contributed by atoms with Crippen LogP contribution in [0.3, 0.4) is 0 Å². The highest BCUT2D eigenvalue weighted by Gasteiger charge is 1.58. The minimum absolute atomic E-state index is 0. The van der Waals surface area contributed by atoms with Crippen LogP contribution in [0.15, 0.2) is 30.6 Å². The van der Waals surface area contributed by atoms with Crippen LogP contribution in [0.4, 0.5) is 0 Å². The van der Waals surface area contributed by atoms with Gasteiger partial charge in [-0.3, -0.25) is 4.98 Å². The maximum atomic E-state index is 3.78. The van der Waals surface area contributed by atoms with Crippen LogP contribution in [0.25, 0.3) is 0 Å². The first-order valence-corrected chi connectivity index (χ1v) is 1.85. The third-order valence-electron chi connectivity index (χ3n) is 0.566. The van der Waals surface area contributed by atoms with Gasteiger partial charge in [0.1, 0.15) is 0 Å². The SMILES string of the molecule is S.S.S.c1ccncc1. The first-order valence-electron chi connectivity index (χ1n) is 1.85. The van der Waals surface area contributed by atoms with Gasteiger partial charge in [-0.15, -0.1) is 0 Å². The summed E-state index contributed by atoms with van der Waals surface area (Å²) in [6, 6.07) is 5.72. The molecule has 0 aromatic carbocycles. The van der Waals surface area contributed by atoms with Crippen molar-refractivity contribution in [2.45, 2.75) is 0 Å². The Labute approximate surface area is 76.2 Å². The molecule has 4 heteroatoms. The fraction of sp³-hybridized carbons (Fsp3) is 0. The third kappa shape index (κ3) is 8.20. The summed E-state index contributed by atoms with van der Waals surface area (Å²) in [5.74, 6) is 0. The second-order valence-corrected chi connectivity index (χ2v) is 1.02. The molecule has 0 aliphatic heterocycles. The summed E-state index contributed by atoms with van der Waals surface area (Å²) in [6.45, 7) is 0. The lowest BCUT2D eigenvalue weighted by Crippen LogP contribution is -1.58. The Bertz CT molecular complexity index is 84.1. The number of aromatic nitrogens is 1. The molecule has 1 nitrogen and oxygen atoms in total. The smallest absolute Gasteiger partial charge is 0.0267 e. The monoisotopic (exact) mass is 181 g/mol. The van der Waals surface area contributed by atoms with Gasteiger partial charge in [0.25, 0.3) is 0 Å². The van der Waals surface area contributed by atoms with E-state index in [2.05, 4.69) is 4.98 Å². The van der Waals surface area contributed by atoms with Crippen LogP contribution >= 0.6 is 40.5 Å². The summed E-state index contributed by atoms with van der Waals surface area (Å²) in [4.78, 5) is 3.78. The molecule has 0 aliphatic carbocycles. The lowest BCUT2D eigenvalue weighted by atomic mass is 10.5. The highest BCUT2D eigenvalue weighted by atomic mass is 32.1. The van der Waals surface area contributed by atoms with E-state index in [9.17, 15) is 0 Å². The predicted octanol–water partition coefficient (Wildman–Crippen LogP) is 1.42. The number of hydrogen-bond acceptors (Lipinski definition) is 1. The normalized spacial score (nSPS) is 5.33. The van der Waals surface area contributed by atoms with Gasteiger partial charge in [-0.05, 0) is 12.1 Å². The molecule has 0 bridgehead atoms. The maximum Gasteiger partial charge on any atom is 0.0267 e. The van der Waals surface area contributed by atoms with Gasteiger partial charge in [-0.1, -0.05) is 6.07 Å². The van der Waals surface area contributed by atoms with E-state index in [1.54, 1.807) is 12.4 Å². The Morgan fingerprint density at radius 3 is 1.22 bits per heavy atom. The second kappa shape index (κ2) is 11.1. The predicted molar refractivity (Wildman–Crippen MR) is 55.4 cm³/mol. The number of pyridine rings is 1. The standard InChI is InChI=1S/C5H5N.3H2S/c1-2-4-6-5-3-1;;;/h1-5H;3*1H2. The highest BCUT2D eigenvalue weighted by Crippen LogP contribution is 1.73. The number of hydrogen-bond donors (Lipinski definition) is 0. The molecule has 0 spiro atoms. The molecule has 1 aromatic rings. The van der Waals surface area contributed by atoms with Gasteiger partial charge >= 0.3 is 0 Å². The van der Waals surface area contributed by atoms with Crippen molar-refractivity contribution in [2.75, 3.05) is 0 Å². The lowest BCUT2D eigenvalue weighted by molar-refractivity contribution is 1.33. The van der Waals surface area contributed by atoms with Crippen molar-refractivity contribution in [3.05, 3.63) is 30.6 Å². The first kappa shape index (κ1) is 16.1. The molecule has 9 heavy (non-hydrogen) atoms. The fourth-order valence-electron chi connectivity index (χ4n) is 0.313. The summed E-state index contributed by atoms with van der Waals surface area (Å²) in [5.41, 5.74) is 0. The van der Waals surface area contributed by atoms with E-state index in [1.807, 2.05) is 18.2 Å². The van der Waals surface area contributed by atoms with E-state index in [0.29, 0.717) is 0 Å². The quantitative estimate of drug-likeness (QED) is 0.590. The molecular weight excluding hydrogens is 170 g/mol. The van der Waals surface area contributed by atoms with Crippen LogP contribution < -0.4 is 0 Å². The zero-order valence-corrected chi connectivity index (χ0v) is 7.83. The van der Waals surface area contributed by atoms with Gasteiger partial charge in [0, 0.05) is 12.4 Å². The van der Waals surface area contributed by atoms with Crippen molar-refractivity contribution < 1.29 is 0 Å². The summed E-state index contributed by atoms with van der Waals surface area (Å²) in [7, 11) is 0. The van der Waals surface area contributed by atoms with Crippen LogP contribution in [-0.2, 0) is 0 Å². The minimum atomic E-state index is 0. The molecule has 0 saturated heterocycles. The molecule has 1 heterocycles.